The van der Waals surface area contributed by atoms with Crippen molar-refractivity contribution in [2.75, 3.05) is 0 Å². The maximum atomic E-state index is 11.7. The van der Waals surface area contributed by atoms with Crippen molar-refractivity contribution in [2.24, 2.45) is 17.8 Å². The minimum absolute atomic E-state index is 0.0299. The number of carboxylic acid groups (broad SMARTS) is 1. The predicted molar refractivity (Wildman–Crippen MR) is 53.7 cm³/mol. The summed E-state index contributed by atoms with van der Waals surface area (Å²) in [4.78, 5) is 33.3. The summed E-state index contributed by atoms with van der Waals surface area (Å²) in [6, 6.07) is 0. The van der Waals surface area contributed by atoms with E-state index in [2.05, 4.69) is 0 Å². The van der Waals surface area contributed by atoms with Gasteiger partial charge in [0.05, 0.1) is 5.92 Å². The molecule has 5 atom stereocenters. The Morgan fingerprint density at radius 2 is 2.00 bits per heavy atom. The smallest absolute Gasteiger partial charge is 0.354 e. The van der Waals surface area contributed by atoms with Crippen molar-refractivity contribution in [1.29, 1.82) is 0 Å². The number of rotatable bonds is 1. The second kappa shape index (κ2) is 3.96. The minimum atomic E-state index is -1.85. The highest BCUT2D eigenvalue weighted by molar-refractivity contribution is 6.27. The van der Waals surface area contributed by atoms with Crippen LogP contribution in [0.5, 0.6) is 0 Å². The van der Waals surface area contributed by atoms with E-state index < -0.39 is 24.1 Å². The van der Waals surface area contributed by atoms with Gasteiger partial charge in [-0.15, -0.1) is 0 Å². The Balaban J connectivity index is 1.82. The molecule has 2 heterocycles. The lowest BCUT2D eigenvalue weighted by atomic mass is 9.67. The van der Waals surface area contributed by atoms with Crippen molar-refractivity contribution in [1.82, 2.24) is 0 Å². The molecule has 2 aliphatic carbocycles. The van der Waals surface area contributed by atoms with E-state index >= 15 is 0 Å². The molecule has 5 unspecified atom stereocenters. The highest BCUT2D eigenvalue weighted by Gasteiger charge is 2.51. The fraction of sp³-hybridized carbons (Fsp3) is 0.750. The summed E-state index contributed by atoms with van der Waals surface area (Å²) in [5, 5.41) is 10.4. The second-order valence-corrected chi connectivity index (χ2v) is 5.40. The molecule has 2 saturated heterocycles. The van der Waals surface area contributed by atoms with Crippen LogP contribution >= 0.6 is 0 Å². The van der Waals surface area contributed by atoms with E-state index in [1.165, 1.54) is 0 Å². The number of aliphatic carboxylic acids is 1. The molecule has 4 aliphatic rings. The van der Waals surface area contributed by atoms with Gasteiger partial charge in [-0.3, -0.25) is 4.79 Å². The van der Waals surface area contributed by atoms with Crippen molar-refractivity contribution in [2.45, 2.75) is 37.9 Å². The van der Waals surface area contributed by atoms with Crippen molar-refractivity contribution in [3.8, 4) is 0 Å². The standard InChI is InChI=1S/C12H14O6/c13-10(14)12(16)18-9-6-1-5-2-7(4-6)11(15)17-8(9)3-5/h5-9H,1-4H2,(H,13,14)/p-1. The fourth-order valence-electron chi connectivity index (χ4n) is 3.61. The van der Waals surface area contributed by atoms with Crippen LogP contribution in [0.2, 0.25) is 0 Å². The van der Waals surface area contributed by atoms with Gasteiger partial charge in [-0.25, -0.2) is 4.79 Å². The largest absolute Gasteiger partial charge is 0.539 e. The third-order valence-corrected chi connectivity index (χ3v) is 4.25. The monoisotopic (exact) mass is 253 g/mol. The van der Waals surface area contributed by atoms with E-state index in [1.807, 2.05) is 0 Å². The van der Waals surface area contributed by atoms with Crippen molar-refractivity contribution < 1.29 is 29.0 Å². The van der Waals surface area contributed by atoms with E-state index in [0.29, 0.717) is 18.8 Å². The third kappa shape index (κ3) is 1.76. The van der Waals surface area contributed by atoms with E-state index in [-0.39, 0.29) is 17.8 Å². The molecule has 0 aromatic carbocycles. The lowest BCUT2D eigenvalue weighted by molar-refractivity contribution is -0.305. The third-order valence-electron chi connectivity index (χ3n) is 4.25. The summed E-state index contributed by atoms with van der Waals surface area (Å²) in [5.41, 5.74) is 0. The van der Waals surface area contributed by atoms with Gasteiger partial charge in [0, 0.05) is 5.92 Å². The molecule has 0 aromatic rings. The molecule has 4 rings (SSSR count). The van der Waals surface area contributed by atoms with Crippen LogP contribution in [-0.4, -0.2) is 30.1 Å². The topological polar surface area (TPSA) is 92.7 Å². The average Bonchev–Trinajstić information content (AvgIpc) is 2.47. The fourth-order valence-corrected chi connectivity index (χ4v) is 3.61. The summed E-state index contributed by atoms with van der Waals surface area (Å²) in [5.74, 6) is -3.13. The number of hydrogen-bond acceptors (Lipinski definition) is 6. The Bertz CT molecular complexity index is 417. The van der Waals surface area contributed by atoms with Crippen LogP contribution in [0.15, 0.2) is 0 Å². The first kappa shape index (κ1) is 11.5. The lowest BCUT2D eigenvalue weighted by Crippen LogP contribution is -2.47. The number of carboxylic acids is 1. The highest BCUT2D eigenvalue weighted by Crippen LogP contribution is 2.48. The van der Waals surface area contributed by atoms with Crippen LogP contribution in [0.25, 0.3) is 0 Å². The Hall–Kier alpha value is -1.59. The Morgan fingerprint density at radius 1 is 1.22 bits per heavy atom. The maximum Gasteiger partial charge on any atom is 0.354 e. The summed E-state index contributed by atoms with van der Waals surface area (Å²) in [6.45, 7) is 0. The van der Waals surface area contributed by atoms with Gasteiger partial charge in [0.2, 0.25) is 0 Å². The zero-order chi connectivity index (χ0) is 12.9. The average molecular weight is 253 g/mol. The van der Waals surface area contributed by atoms with Gasteiger partial charge in [0.1, 0.15) is 12.2 Å². The first-order valence-electron chi connectivity index (χ1n) is 6.17. The zero-order valence-electron chi connectivity index (χ0n) is 9.66. The van der Waals surface area contributed by atoms with Crippen LogP contribution in [0.4, 0.5) is 0 Å². The summed E-state index contributed by atoms with van der Waals surface area (Å²) in [6.07, 6.45) is 1.88. The molecule has 0 amide bonds. The number of hydrogen-bond donors (Lipinski definition) is 0. The molecule has 6 nitrogen and oxygen atoms in total. The summed E-state index contributed by atoms with van der Waals surface area (Å²) in [7, 11) is 0. The van der Waals surface area contributed by atoms with E-state index in [9.17, 15) is 19.5 Å². The van der Waals surface area contributed by atoms with Gasteiger partial charge < -0.3 is 19.4 Å². The molecular weight excluding hydrogens is 240 g/mol. The highest BCUT2D eigenvalue weighted by atomic mass is 16.6. The molecular formula is C12H13O6-. The summed E-state index contributed by atoms with van der Waals surface area (Å²) >= 11 is 0. The number of fused-ring (bicyclic) bond motifs is 1. The molecule has 4 bridgehead atoms. The molecule has 4 fully saturated rings. The number of carbonyl (C=O) groups excluding carboxylic acids is 3. The number of ether oxygens (including phenoxy) is 2. The van der Waals surface area contributed by atoms with Gasteiger partial charge in [-0.1, -0.05) is 0 Å². The Morgan fingerprint density at radius 3 is 2.72 bits per heavy atom. The van der Waals surface area contributed by atoms with Crippen LogP contribution in [0.3, 0.4) is 0 Å². The lowest BCUT2D eigenvalue weighted by Gasteiger charge is -2.41. The van der Waals surface area contributed by atoms with Gasteiger partial charge in [0.15, 0.2) is 5.97 Å². The molecule has 18 heavy (non-hydrogen) atoms. The number of esters is 2. The van der Waals surface area contributed by atoms with Gasteiger partial charge in [-0.05, 0) is 31.6 Å². The van der Waals surface area contributed by atoms with Gasteiger partial charge in [0.25, 0.3) is 0 Å². The first-order chi connectivity index (χ1) is 8.54. The van der Waals surface area contributed by atoms with Crippen LogP contribution in [0.1, 0.15) is 25.7 Å². The molecule has 0 radical (unpaired) electrons. The van der Waals surface area contributed by atoms with Crippen molar-refractivity contribution in [3.05, 3.63) is 0 Å². The predicted octanol–water partition coefficient (Wildman–Crippen LogP) is -0.990. The molecule has 2 saturated carbocycles. The van der Waals surface area contributed by atoms with Gasteiger partial charge in [-0.2, -0.15) is 0 Å². The van der Waals surface area contributed by atoms with Crippen molar-refractivity contribution in [3.63, 3.8) is 0 Å². The molecule has 0 N–H and O–H groups in total. The Kier molecular flexibility index (Phi) is 2.53. The number of carbonyl (C=O) groups is 3. The van der Waals surface area contributed by atoms with E-state index in [1.54, 1.807) is 0 Å². The van der Waals surface area contributed by atoms with Crippen LogP contribution in [0, 0.1) is 17.8 Å². The normalized spacial score (nSPS) is 41.1. The summed E-state index contributed by atoms with van der Waals surface area (Å²) < 4.78 is 10.2. The minimum Gasteiger partial charge on any atom is -0.539 e. The molecule has 98 valence electrons. The van der Waals surface area contributed by atoms with Crippen molar-refractivity contribution >= 4 is 17.9 Å². The molecule has 2 aliphatic heterocycles. The van der Waals surface area contributed by atoms with E-state index in [4.69, 9.17) is 9.47 Å². The van der Waals surface area contributed by atoms with Crippen LogP contribution < -0.4 is 5.11 Å². The SMILES string of the molecule is O=C([O-])C(=O)OC1C2CC3CC(C2)C(=O)OC1C3. The maximum absolute atomic E-state index is 11.7. The zero-order valence-corrected chi connectivity index (χ0v) is 9.66. The second-order valence-electron chi connectivity index (χ2n) is 5.40. The molecule has 0 aromatic heterocycles. The molecule has 6 heteroatoms. The van der Waals surface area contributed by atoms with E-state index in [0.717, 1.165) is 12.8 Å². The van der Waals surface area contributed by atoms with Crippen LogP contribution in [-0.2, 0) is 23.9 Å². The molecule has 0 spiro atoms. The quantitative estimate of drug-likeness (QED) is 0.440. The Labute approximate surface area is 103 Å². The first-order valence-corrected chi connectivity index (χ1v) is 6.17. The van der Waals surface area contributed by atoms with Gasteiger partial charge >= 0.3 is 11.9 Å².